The third kappa shape index (κ3) is 9.08. The molecule has 264 valence electrons. The monoisotopic (exact) mass is 705 g/mol. The van der Waals surface area contributed by atoms with Gasteiger partial charge in [-0.3, -0.25) is 4.79 Å². The van der Waals surface area contributed by atoms with Gasteiger partial charge >= 0.3 is 6.09 Å². The van der Waals surface area contributed by atoms with Crippen molar-refractivity contribution in [2.45, 2.75) is 109 Å². The smallest absolute Gasteiger partial charge is 0.410 e. The molecule has 5 atom stereocenters. The molecule has 2 aromatic rings. The number of anilines is 1. The van der Waals surface area contributed by atoms with Gasteiger partial charge in [-0.25, -0.2) is 17.6 Å². The molecular weight excluding hydrogens is 657 g/mol. The second kappa shape index (κ2) is 14.6. The Kier molecular flexibility index (Phi) is 11.1. The van der Waals surface area contributed by atoms with E-state index in [1.54, 1.807) is 37.8 Å². The van der Waals surface area contributed by atoms with E-state index in [0.717, 1.165) is 18.4 Å². The van der Waals surface area contributed by atoms with Crippen LogP contribution in [0.3, 0.4) is 0 Å². The molecule has 0 spiro atoms. The minimum atomic E-state index is -3.56. The van der Waals surface area contributed by atoms with Gasteiger partial charge < -0.3 is 19.7 Å². The summed E-state index contributed by atoms with van der Waals surface area (Å²) in [4.78, 5) is 28.6. The van der Waals surface area contributed by atoms with Crippen molar-refractivity contribution in [1.29, 1.82) is 0 Å². The summed E-state index contributed by atoms with van der Waals surface area (Å²) in [5.41, 5.74) is 0.672. The van der Waals surface area contributed by atoms with Crippen molar-refractivity contribution >= 4 is 39.3 Å². The van der Waals surface area contributed by atoms with Gasteiger partial charge in [0.05, 0.1) is 11.4 Å². The summed E-state index contributed by atoms with van der Waals surface area (Å²) in [6.07, 6.45) is 2.77. The maximum absolute atomic E-state index is 15.5. The van der Waals surface area contributed by atoms with Crippen LogP contribution in [0.2, 0.25) is 5.02 Å². The summed E-state index contributed by atoms with van der Waals surface area (Å²) >= 11 is 6.18. The Hall–Kier alpha value is -2.73. The third-order valence-electron chi connectivity index (χ3n) is 9.70. The van der Waals surface area contributed by atoms with Crippen LogP contribution < -0.4 is 5.32 Å². The van der Waals surface area contributed by atoms with Crippen molar-refractivity contribution in [2.75, 3.05) is 30.8 Å². The zero-order chi connectivity index (χ0) is 34.9. The molecule has 2 amide bonds. The molecule has 1 N–H and O–H groups in total. The van der Waals surface area contributed by atoms with Crippen LogP contribution >= 0.6 is 11.6 Å². The standard InChI is InChI=1S/C36H49ClFN3O6S/c1-35(2,3)47-34(43)40-22-28(41-23-27(40)8-7-19-48(41,44)45)15-16-29-31(38)9-6-10-32(29)39-33(42)20-30(24-11-13-26(37)14-12-24)25-17-18-46-36(4,5)21-25/h6,9-14,25,27-28,30H,7-8,15-23H2,1-5H3,(H,39,42)/t25?,27-,28+,30+/m1/s1. The van der Waals surface area contributed by atoms with Crippen LogP contribution in [0.5, 0.6) is 0 Å². The number of piperazine rings is 1. The van der Waals surface area contributed by atoms with Gasteiger partial charge in [-0.1, -0.05) is 29.8 Å². The van der Waals surface area contributed by atoms with Crippen molar-refractivity contribution in [3.63, 3.8) is 0 Å². The number of nitrogens with zero attached hydrogens (tertiary/aromatic N) is 2. The quantitative estimate of drug-likeness (QED) is 0.313. The van der Waals surface area contributed by atoms with E-state index in [1.807, 2.05) is 24.3 Å². The number of ether oxygens (including phenoxy) is 2. The van der Waals surface area contributed by atoms with Crippen molar-refractivity contribution < 1.29 is 31.9 Å². The fourth-order valence-corrected chi connectivity index (χ4v) is 9.36. The number of carbonyl (C=O) groups is 2. The zero-order valence-electron chi connectivity index (χ0n) is 28.6. The molecule has 2 aromatic carbocycles. The van der Waals surface area contributed by atoms with E-state index in [1.165, 1.54) is 10.4 Å². The first kappa shape index (κ1) is 36.5. The Morgan fingerprint density at radius 2 is 1.85 bits per heavy atom. The van der Waals surface area contributed by atoms with Crippen LogP contribution in [-0.2, 0) is 30.7 Å². The van der Waals surface area contributed by atoms with E-state index in [0.29, 0.717) is 35.7 Å². The predicted molar refractivity (Wildman–Crippen MR) is 185 cm³/mol. The lowest BCUT2D eigenvalue weighted by atomic mass is 9.75. The summed E-state index contributed by atoms with van der Waals surface area (Å²) in [5.74, 6) is -0.610. The van der Waals surface area contributed by atoms with Gasteiger partial charge in [-0.05, 0) is 115 Å². The molecule has 2 unspecified atom stereocenters. The van der Waals surface area contributed by atoms with E-state index in [4.69, 9.17) is 21.1 Å². The Morgan fingerprint density at radius 1 is 1.12 bits per heavy atom. The fourth-order valence-electron chi connectivity index (χ4n) is 7.44. The van der Waals surface area contributed by atoms with Crippen LogP contribution in [0.25, 0.3) is 0 Å². The Bertz CT molecular complexity index is 1580. The number of rotatable bonds is 8. The molecule has 0 aliphatic carbocycles. The lowest BCUT2D eigenvalue weighted by Crippen LogP contribution is -2.60. The summed E-state index contributed by atoms with van der Waals surface area (Å²) in [6, 6.07) is 11.3. The number of hydrogen-bond acceptors (Lipinski definition) is 6. The average molecular weight is 706 g/mol. The number of halogens is 2. The van der Waals surface area contributed by atoms with Gasteiger partial charge in [0.1, 0.15) is 11.4 Å². The van der Waals surface area contributed by atoms with Crippen LogP contribution in [-0.4, -0.2) is 78.4 Å². The minimum Gasteiger partial charge on any atom is -0.444 e. The molecule has 3 fully saturated rings. The van der Waals surface area contributed by atoms with Crippen molar-refractivity contribution in [1.82, 2.24) is 9.21 Å². The number of carbonyl (C=O) groups excluding carboxylic acids is 2. The number of hydrogen-bond donors (Lipinski definition) is 1. The Balaban J connectivity index is 1.34. The summed E-state index contributed by atoms with van der Waals surface area (Å²) in [6.45, 7) is 10.5. The van der Waals surface area contributed by atoms with Crippen molar-refractivity contribution in [3.05, 3.63) is 64.4 Å². The third-order valence-corrected chi connectivity index (χ3v) is 11.9. The Morgan fingerprint density at radius 3 is 2.54 bits per heavy atom. The molecule has 0 aromatic heterocycles. The number of amides is 2. The van der Waals surface area contributed by atoms with Gasteiger partial charge in [0.25, 0.3) is 0 Å². The fraction of sp³-hybridized carbons (Fsp3) is 0.611. The first-order chi connectivity index (χ1) is 22.5. The van der Waals surface area contributed by atoms with Crippen LogP contribution in [0, 0.1) is 11.7 Å². The lowest BCUT2D eigenvalue weighted by Gasteiger charge is -2.44. The van der Waals surface area contributed by atoms with E-state index in [2.05, 4.69) is 19.2 Å². The second-order valence-corrected chi connectivity index (χ2v) is 17.5. The van der Waals surface area contributed by atoms with Crippen molar-refractivity contribution in [3.8, 4) is 0 Å². The Labute approximate surface area is 289 Å². The maximum atomic E-state index is 15.5. The molecule has 12 heteroatoms. The van der Waals surface area contributed by atoms with Gasteiger partial charge in [0.15, 0.2) is 0 Å². The maximum Gasteiger partial charge on any atom is 0.410 e. The van der Waals surface area contributed by atoms with E-state index in [9.17, 15) is 18.0 Å². The molecule has 48 heavy (non-hydrogen) atoms. The highest BCUT2D eigenvalue weighted by Gasteiger charge is 2.44. The molecule has 9 nitrogen and oxygen atoms in total. The summed E-state index contributed by atoms with van der Waals surface area (Å²) in [5, 5.41) is 3.60. The van der Waals surface area contributed by atoms with E-state index in [-0.39, 0.29) is 67.5 Å². The largest absolute Gasteiger partial charge is 0.444 e. The molecular formula is C36H49ClFN3O6S. The predicted octanol–water partition coefficient (Wildman–Crippen LogP) is 7.14. The van der Waals surface area contributed by atoms with Crippen molar-refractivity contribution in [2.24, 2.45) is 5.92 Å². The number of benzene rings is 2. The lowest BCUT2D eigenvalue weighted by molar-refractivity contribution is -0.118. The highest BCUT2D eigenvalue weighted by atomic mass is 35.5. The summed E-state index contributed by atoms with van der Waals surface area (Å²) in [7, 11) is -3.56. The molecule has 3 heterocycles. The summed E-state index contributed by atoms with van der Waals surface area (Å²) < 4.78 is 55.1. The minimum absolute atomic E-state index is 0.00223. The number of fused-ring (bicyclic) bond motifs is 2. The second-order valence-electron chi connectivity index (χ2n) is 15.0. The highest BCUT2D eigenvalue weighted by Crippen LogP contribution is 2.41. The molecule has 0 saturated carbocycles. The van der Waals surface area contributed by atoms with Gasteiger partial charge in [0, 0.05) is 54.5 Å². The molecule has 3 saturated heterocycles. The van der Waals surface area contributed by atoms with Gasteiger partial charge in [-0.2, -0.15) is 4.31 Å². The van der Waals surface area contributed by atoms with Crippen LogP contribution in [0.1, 0.15) is 90.2 Å². The van der Waals surface area contributed by atoms with Crippen LogP contribution in [0.15, 0.2) is 42.5 Å². The molecule has 2 bridgehead atoms. The molecule has 5 rings (SSSR count). The first-order valence-electron chi connectivity index (χ1n) is 17.0. The van der Waals surface area contributed by atoms with E-state index < -0.39 is 33.6 Å². The number of nitrogens with one attached hydrogen (secondary N) is 1. The molecule has 3 aliphatic heterocycles. The highest BCUT2D eigenvalue weighted by molar-refractivity contribution is 7.89. The normalized spacial score (nSPS) is 25.9. The van der Waals surface area contributed by atoms with Crippen LogP contribution in [0.4, 0.5) is 14.9 Å². The van der Waals surface area contributed by atoms with E-state index >= 15 is 4.39 Å². The molecule has 0 radical (unpaired) electrons. The number of sulfonamides is 1. The van der Waals surface area contributed by atoms with Gasteiger partial charge in [0.2, 0.25) is 15.9 Å². The molecule has 3 aliphatic rings. The first-order valence-corrected chi connectivity index (χ1v) is 19.0. The topological polar surface area (TPSA) is 105 Å². The van der Waals surface area contributed by atoms with Gasteiger partial charge in [-0.15, -0.1) is 0 Å². The zero-order valence-corrected chi connectivity index (χ0v) is 30.2. The SMILES string of the molecule is CC(C)(C)OC(=O)N1C[C@H](CCc2c(F)cccc2NC(=O)C[C@@H](c2ccc(Cl)cc2)C2CCOC(C)(C)C2)N2C[C@H]1CCCS2(=O)=O. The average Bonchev–Trinajstić information content (AvgIpc) is 3.11.